The van der Waals surface area contributed by atoms with Crippen molar-refractivity contribution in [2.45, 2.75) is 44.6 Å². The minimum Gasteiger partial charge on any atom is -0.484 e. The van der Waals surface area contributed by atoms with Crippen molar-refractivity contribution in [2.24, 2.45) is 0 Å². The molecule has 3 rings (SSSR count). The zero-order valence-electron chi connectivity index (χ0n) is 13.0. The number of rotatable bonds is 2. The van der Waals surface area contributed by atoms with Gasteiger partial charge in [-0.2, -0.15) is 0 Å². The van der Waals surface area contributed by atoms with E-state index in [1.54, 1.807) is 12.1 Å². The number of carbonyl (C=O) groups is 2. The predicted molar refractivity (Wildman–Crippen MR) is 89.5 cm³/mol. The molecule has 0 bridgehead atoms. The van der Waals surface area contributed by atoms with Crippen LogP contribution in [0.2, 0.25) is 10.0 Å². The zero-order valence-corrected chi connectivity index (χ0v) is 14.5. The topological polar surface area (TPSA) is 46.6 Å². The maximum atomic E-state index is 12.5. The van der Waals surface area contributed by atoms with Crippen molar-refractivity contribution < 1.29 is 14.3 Å². The van der Waals surface area contributed by atoms with Crippen LogP contribution in [-0.4, -0.2) is 35.3 Å². The van der Waals surface area contributed by atoms with Crippen LogP contribution in [0.5, 0.6) is 5.75 Å². The lowest BCUT2D eigenvalue weighted by atomic mass is 9.82. The van der Waals surface area contributed by atoms with Gasteiger partial charge in [0.1, 0.15) is 11.4 Å². The van der Waals surface area contributed by atoms with Gasteiger partial charge in [-0.15, -0.1) is 0 Å². The molecule has 0 saturated carbocycles. The molecule has 1 amide bonds. The molecule has 2 heterocycles. The molecular weight excluding hydrogens is 337 g/mol. The van der Waals surface area contributed by atoms with Gasteiger partial charge in [-0.05, 0) is 18.6 Å². The summed E-state index contributed by atoms with van der Waals surface area (Å²) < 4.78 is 6.16. The third-order valence-corrected chi connectivity index (χ3v) is 5.10. The van der Waals surface area contributed by atoms with E-state index in [0.717, 1.165) is 6.42 Å². The molecule has 1 aromatic carbocycles. The van der Waals surface area contributed by atoms with E-state index in [-0.39, 0.29) is 11.7 Å². The predicted octanol–water partition coefficient (Wildman–Crippen LogP) is 4.12. The second-order valence-corrected chi connectivity index (χ2v) is 7.12. The highest BCUT2D eigenvalue weighted by molar-refractivity contribution is 6.36. The lowest BCUT2D eigenvalue weighted by molar-refractivity contribution is -0.134. The summed E-state index contributed by atoms with van der Waals surface area (Å²) in [5.74, 6) is 0.610. The molecule has 1 spiro atoms. The molecule has 1 fully saturated rings. The normalized spacial score (nSPS) is 19.4. The van der Waals surface area contributed by atoms with E-state index >= 15 is 0 Å². The Morgan fingerprint density at radius 1 is 1.30 bits per heavy atom. The van der Waals surface area contributed by atoms with Crippen LogP contribution in [0.25, 0.3) is 0 Å². The van der Waals surface area contributed by atoms with Gasteiger partial charge < -0.3 is 9.64 Å². The minimum absolute atomic E-state index is 0.00369. The number of likely N-dealkylation sites (tertiary alicyclic amines) is 1. The summed E-state index contributed by atoms with van der Waals surface area (Å²) in [6.45, 7) is 3.23. The van der Waals surface area contributed by atoms with E-state index in [0.29, 0.717) is 60.1 Å². The Hall–Kier alpha value is -1.26. The van der Waals surface area contributed by atoms with Gasteiger partial charge in [0.2, 0.25) is 5.91 Å². The Kier molecular flexibility index (Phi) is 4.56. The molecule has 124 valence electrons. The third kappa shape index (κ3) is 3.20. The number of amides is 1. The van der Waals surface area contributed by atoms with Crippen LogP contribution in [0, 0.1) is 0 Å². The number of ketones is 1. The Morgan fingerprint density at radius 2 is 2.00 bits per heavy atom. The van der Waals surface area contributed by atoms with E-state index in [9.17, 15) is 9.59 Å². The van der Waals surface area contributed by atoms with Crippen molar-refractivity contribution in [1.82, 2.24) is 4.90 Å². The molecular formula is C17H19Cl2NO3. The Bertz CT molecular complexity index is 651. The summed E-state index contributed by atoms with van der Waals surface area (Å²) in [6.07, 6.45) is 3.02. The SMILES string of the molecule is CCCC(=O)N1CCC2(CC1)CC(=O)c1cc(Cl)cc(Cl)c1O2. The first-order valence-corrected chi connectivity index (χ1v) is 8.69. The van der Waals surface area contributed by atoms with E-state index in [1.165, 1.54) is 0 Å². The second kappa shape index (κ2) is 6.33. The van der Waals surface area contributed by atoms with E-state index in [1.807, 2.05) is 11.8 Å². The summed E-state index contributed by atoms with van der Waals surface area (Å²) in [7, 11) is 0. The maximum Gasteiger partial charge on any atom is 0.222 e. The number of Topliss-reactive ketones (excluding diaryl/α,β-unsaturated/α-hetero) is 1. The summed E-state index contributed by atoms with van der Waals surface area (Å²) >= 11 is 12.2. The van der Waals surface area contributed by atoms with E-state index in [4.69, 9.17) is 27.9 Å². The monoisotopic (exact) mass is 355 g/mol. The molecule has 0 unspecified atom stereocenters. The molecule has 0 aliphatic carbocycles. The lowest BCUT2D eigenvalue weighted by Crippen LogP contribution is -2.52. The van der Waals surface area contributed by atoms with Gasteiger partial charge in [-0.1, -0.05) is 30.1 Å². The van der Waals surface area contributed by atoms with Crippen molar-refractivity contribution in [1.29, 1.82) is 0 Å². The molecule has 2 aliphatic rings. The van der Waals surface area contributed by atoms with Crippen LogP contribution < -0.4 is 4.74 Å². The van der Waals surface area contributed by atoms with Crippen molar-refractivity contribution in [3.63, 3.8) is 0 Å². The van der Waals surface area contributed by atoms with Crippen LogP contribution in [0.4, 0.5) is 0 Å². The molecule has 6 heteroatoms. The first-order chi connectivity index (χ1) is 10.9. The fourth-order valence-electron chi connectivity index (χ4n) is 3.33. The van der Waals surface area contributed by atoms with Crippen molar-refractivity contribution in [3.05, 3.63) is 27.7 Å². The summed E-state index contributed by atoms with van der Waals surface area (Å²) in [4.78, 5) is 26.4. The van der Waals surface area contributed by atoms with Gasteiger partial charge in [0.25, 0.3) is 0 Å². The molecule has 0 aromatic heterocycles. The molecule has 4 nitrogen and oxygen atoms in total. The minimum atomic E-state index is -0.551. The molecule has 0 atom stereocenters. The van der Waals surface area contributed by atoms with E-state index < -0.39 is 5.60 Å². The smallest absolute Gasteiger partial charge is 0.222 e. The van der Waals surface area contributed by atoms with Gasteiger partial charge in [0.05, 0.1) is 17.0 Å². The largest absolute Gasteiger partial charge is 0.484 e. The van der Waals surface area contributed by atoms with Crippen LogP contribution in [-0.2, 0) is 4.79 Å². The standard InChI is InChI=1S/C17H19Cl2NO3/c1-2-3-15(22)20-6-4-17(5-7-20)10-14(21)12-8-11(18)9-13(19)16(12)23-17/h8-9H,2-7,10H2,1H3. The number of hydrogen-bond donors (Lipinski definition) is 0. The zero-order chi connectivity index (χ0) is 16.6. The molecule has 1 aromatic rings. The van der Waals surface area contributed by atoms with Crippen LogP contribution >= 0.6 is 23.2 Å². The van der Waals surface area contributed by atoms with Gasteiger partial charge in [0.15, 0.2) is 5.78 Å². The number of ether oxygens (including phenoxy) is 1. The lowest BCUT2D eigenvalue weighted by Gasteiger charge is -2.44. The fraction of sp³-hybridized carbons (Fsp3) is 0.529. The Balaban J connectivity index is 1.79. The van der Waals surface area contributed by atoms with Crippen LogP contribution in [0.3, 0.4) is 0 Å². The molecule has 2 aliphatic heterocycles. The number of nitrogens with zero attached hydrogens (tertiary/aromatic N) is 1. The number of fused-ring (bicyclic) bond motifs is 1. The van der Waals surface area contributed by atoms with Gasteiger partial charge >= 0.3 is 0 Å². The van der Waals surface area contributed by atoms with Crippen molar-refractivity contribution >= 4 is 34.9 Å². The maximum absolute atomic E-state index is 12.5. The molecule has 1 saturated heterocycles. The number of halogens is 2. The molecule has 23 heavy (non-hydrogen) atoms. The average Bonchev–Trinajstić information content (AvgIpc) is 2.50. The van der Waals surface area contributed by atoms with Gasteiger partial charge in [0, 0.05) is 37.4 Å². The second-order valence-electron chi connectivity index (χ2n) is 6.28. The Labute approximate surface area is 145 Å². The van der Waals surface area contributed by atoms with Crippen molar-refractivity contribution in [2.75, 3.05) is 13.1 Å². The van der Waals surface area contributed by atoms with Crippen LogP contribution in [0.15, 0.2) is 12.1 Å². The van der Waals surface area contributed by atoms with Gasteiger partial charge in [-0.3, -0.25) is 9.59 Å². The average molecular weight is 356 g/mol. The number of hydrogen-bond acceptors (Lipinski definition) is 3. The Morgan fingerprint density at radius 3 is 2.65 bits per heavy atom. The first kappa shape index (κ1) is 16.6. The number of piperidine rings is 1. The summed E-state index contributed by atoms with van der Waals surface area (Å²) in [5.41, 5.74) is -0.0949. The summed E-state index contributed by atoms with van der Waals surface area (Å²) in [5, 5.41) is 0.797. The number of carbonyl (C=O) groups excluding carboxylic acids is 2. The quantitative estimate of drug-likeness (QED) is 0.801. The van der Waals surface area contributed by atoms with Crippen molar-refractivity contribution in [3.8, 4) is 5.75 Å². The van der Waals surface area contributed by atoms with E-state index in [2.05, 4.69) is 0 Å². The molecule has 0 N–H and O–H groups in total. The summed E-state index contributed by atoms with van der Waals surface area (Å²) in [6, 6.07) is 3.20. The highest BCUT2D eigenvalue weighted by atomic mass is 35.5. The van der Waals surface area contributed by atoms with Crippen LogP contribution in [0.1, 0.15) is 49.4 Å². The number of benzene rings is 1. The first-order valence-electron chi connectivity index (χ1n) is 7.93. The fourth-order valence-corrected chi connectivity index (χ4v) is 3.86. The third-order valence-electron chi connectivity index (χ3n) is 4.60. The van der Waals surface area contributed by atoms with Gasteiger partial charge in [-0.25, -0.2) is 0 Å². The molecule has 0 radical (unpaired) electrons. The highest BCUT2D eigenvalue weighted by Gasteiger charge is 2.44. The highest BCUT2D eigenvalue weighted by Crippen LogP contribution is 2.44.